The molecule has 2 rings (SSSR count). The van der Waals surface area contributed by atoms with Gasteiger partial charge in [0.25, 0.3) is 0 Å². The molecule has 1 aromatic rings. The molecule has 10 atom stereocenters. The van der Waals surface area contributed by atoms with E-state index in [-0.39, 0.29) is 78.4 Å². The Kier molecular flexibility index (Phi) is 26.2. The van der Waals surface area contributed by atoms with Gasteiger partial charge in [0.05, 0.1) is 56.6 Å². The fraction of sp³-hybridized carbons (Fsp3) is 0.756. The van der Waals surface area contributed by atoms with Crippen LogP contribution in [0.2, 0.25) is 23.8 Å². The van der Waals surface area contributed by atoms with Gasteiger partial charge in [0.2, 0.25) is 11.8 Å². The third kappa shape index (κ3) is 19.8. The van der Waals surface area contributed by atoms with Crippen LogP contribution in [0, 0.1) is 16.2 Å². The SMILES string of the molecule is C[B]C(C)(CC(C)(CC(C)(C[B]C(C)(CC(C)(C)C(=O)O)C(=O)OCCOCCOCCO[C@@H]1O[C@H](CO)[C@H](O)[C@H](O)[C@H]1NC(C)=O)C(=O)NCC(C)O)C(=O)OCCSSc1ccccn1)C(=O)O. The highest BCUT2D eigenvalue weighted by molar-refractivity contribution is 8.76. The van der Waals surface area contributed by atoms with Crippen molar-refractivity contribution in [3.63, 3.8) is 0 Å². The molecule has 1 aliphatic heterocycles. The van der Waals surface area contributed by atoms with Gasteiger partial charge in [0, 0.05) is 41.5 Å². The fourth-order valence-electron chi connectivity index (χ4n) is 7.91. The molecule has 0 bridgehead atoms. The van der Waals surface area contributed by atoms with Crippen molar-refractivity contribution in [2.24, 2.45) is 16.2 Å². The van der Waals surface area contributed by atoms with Crippen LogP contribution in [-0.4, -0.2) is 188 Å². The summed E-state index contributed by atoms with van der Waals surface area (Å²) in [5.74, 6) is -4.74. The Hall–Kier alpha value is -3.52. The predicted octanol–water partition coefficient (Wildman–Crippen LogP) is 2.01. The first-order chi connectivity index (χ1) is 32.7. The van der Waals surface area contributed by atoms with Crippen LogP contribution in [0.5, 0.6) is 0 Å². The van der Waals surface area contributed by atoms with Crippen LogP contribution < -0.4 is 10.6 Å². The van der Waals surface area contributed by atoms with Crippen LogP contribution in [0.4, 0.5) is 0 Å². The second-order valence-electron chi connectivity index (χ2n) is 19.1. The van der Waals surface area contributed by atoms with Crippen LogP contribution in [0.1, 0.15) is 74.7 Å². The molecule has 0 aliphatic carbocycles. The maximum Gasteiger partial charge on any atom is 0.311 e. The minimum Gasteiger partial charge on any atom is -0.481 e. The van der Waals surface area contributed by atoms with E-state index < -0.39 is 106 Å². The van der Waals surface area contributed by atoms with Gasteiger partial charge in [-0.05, 0) is 69.9 Å². The molecule has 2 heterocycles. The molecule has 25 heteroatoms. The van der Waals surface area contributed by atoms with Gasteiger partial charge >= 0.3 is 23.9 Å². The number of pyridine rings is 1. The summed E-state index contributed by atoms with van der Waals surface area (Å²) in [6.45, 7) is 12.1. The first-order valence-corrected chi connectivity index (χ1v) is 25.3. The number of nitrogens with one attached hydrogen (secondary N) is 2. The maximum absolute atomic E-state index is 14.3. The summed E-state index contributed by atoms with van der Waals surface area (Å²) in [4.78, 5) is 83.5. The number of aliphatic hydroxyl groups excluding tert-OH is 4. The molecule has 8 N–H and O–H groups in total. The van der Waals surface area contributed by atoms with E-state index in [1.54, 1.807) is 26.0 Å². The van der Waals surface area contributed by atoms with Gasteiger partial charge in [-0.2, -0.15) is 0 Å². The second kappa shape index (κ2) is 29.2. The van der Waals surface area contributed by atoms with Gasteiger partial charge in [0.15, 0.2) is 6.29 Å². The number of rotatable bonds is 34. The van der Waals surface area contributed by atoms with Crippen molar-refractivity contribution in [3.05, 3.63) is 24.4 Å². The van der Waals surface area contributed by atoms with Gasteiger partial charge in [-0.1, -0.05) is 50.8 Å². The number of carboxylic acid groups (broad SMARTS) is 2. The molecule has 0 spiro atoms. The van der Waals surface area contributed by atoms with E-state index >= 15 is 0 Å². The van der Waals surface area contributed by atoms with Crippen molar-refractivity contribution in [1.82, 2.24) is 15.6 Å². The number of aliphatic carboxylic acids is 2. The number of amides is 2. The van der Waals surface area contributed by atoms with Crippen LogP contribution in [0.25, 0.3) is 0 Å². The molecule has 0 saturated carbocycles. The number of nitrogens with zero attached hydrogens (tertiary/aromatic N) is 1. The lowest BCUT2D eigenvalue weighted by molar-refractivity contribution is -0.272. The molecule has 1 aromatic heterocycles. The summed E-state index contributed by atoms with van der Waals surface area (Å²) in [6, 6.07) is 4.35. The molecule has 2 amide bonds. The highest BCUT2D eigenvalue weighted by atomic mass is 33.1. The molecule has 1 aliphatic rings. The summed E-state index contributed by atoms with van der Waals surface area (Å²) in [6.07, 6.45) is -5.63. The Morgan fingerprint density at radius 2 is 1.46 bits per heavy atom. The molecule has 5 unspecified atom stereocenters. The Morgan fingerprint density at radius 1 is 0.829 bits per heavy atom. The fourth-order valence-corrected chi connectivity index (χ4v) is 9.61. The molecule has 1 fully saturated rings. The monoisotopic (exact) mass is 1030 g/mol. The topological polar surface area (TPSA) is 316 Å². The van der Waals surface area contributed by atoms with Crippen LogP contribution in [0.3, 0.4) is 0 Å². The lowest BCUT2D eigenvalue weighted by atomic mass is 9.42. The van der Waals surface area contributed by atoms with E-state index in [4.69, 9.17) is 28.4 Å². The summed E-state index contributed by atoms with van der Waals surface area (Å²) < 4.78 is 33.6. The van der Waals surface area contributed by atoms with Gasteiger partial charge in [-0.3, -0.25) is 28.8 Å². The Balaban J connectivity index is 2.20. The maximum atomic E-state index is 14.3. The smallest absolute Gasteiger partial charge is 0.311 e. The highest BCUT2D eigenvalue weighted by Crippen LogP contribution is 2.50. The predicted molar refractivity (Wildman–Crippen MR) is 260 cm³/mol. The number of aromatic nitrogens is 1. The van der Waals surface area contributed by atoms with E-state index in [0.29, 0.717) is 5.75 Å². The highest BCUT2D eigenvalue weighted by Gasteiger charge is 2.52. The first kappa shape index (κ1) is 62.6. The third-order valence-corrected chi connectivity index (χ3v) is 14.1. The summed E-state index contributed by atoms with van der Waals surface area (Å²) >= 11 is 0. The van der Waals surface area contributed by atoms with Gasteiger partial charge < -0.3 is 69.7 Å². The molecular weight excluding hydrogens is 956 g/mol. The molecule has 0 aromatic carbocycles. The van der Waals surface area contributed by atoms with Crippen LogP contribution in [-0.2, 0) is 57.2 Å². The minimum atomic E-state index is -1.64. The van der Waals surface area contributed by atoms with Crippen molar-refractivity contribution in [1.29, 1.82) is 0 Å². The second-order valence-corrected chi connectivity index (χ2v) is 21.5. The number of aliphatic hydroxyl groups is 4. The average Bonchev–Trinajstić information content (AvgIpc) is 3.29. The van der Waals surface area contributed by atoms with Crippen molar-refractivity contribution in [2.75, 3.05) is 65.2 Å². The number of ether oxygens (including phenoxy) is 6. The van der Waals surface area contributed by atoms with E-state index in [2.05, 4.69) is 15.6 Å². The quantitative estimate of drug-likeness (QED) is 0.0212. The lowest BCUT2D eigenvalue weighted by Crippen LogP contribution is -2.64. The van der Waals surface area contributed by atoms with E-state index in [9.17, 15) is 59.4 Å². The molecule has 394 valence electrons. The zero-order valence-electron chi connectivity index (χ0n) is 41.7. The van der Waals surface area contributed by atoms with Gasteiger partial charge in [-0.25, -0.2) is 4.98 Å². The standard InChI is InChI=1S/C45H73B2N3O18S2/c1-28(52)22-49-36(56)43(6,25-42(5,26-44(7,46-9)38(59)60)39(61)67-20-21-69-70-31-12-10-11-13-48-31)27-47-45(8,24-41(3,4)37(57)58)40(62)66-19-17-64-15-14-63-16-18-65-35-32(50-29(2)53)34(55)33(54)30(23-51)68-35/h10-13,28,30,32-35,51-52,54-55H,14-27H2,1-9H3,(H,49,56)(H,50,53)(H,57,58)(H,59,60)/t28?,30-,32-,33+,34-,35-,42?,43?,44?,45?/m1/s1. The molecule has 21 nitrogen and oxygen atoms in total. The summed E-state index contributed by atoms with van der Waals surface area (Å²) in [7, 11) is 5.73. The van der Waals surface area contributed by atoms with E-state index in [1.807, 2.05) is 12.1 Å². The molecular formula is C45H73B2N3O18S2. The average molecular weight is 1030 g/mol. The molecule has 1 saturated heterocycles. The number of carboxylic acids is 2. The lowest BCUT2D eigenvalue weighted by Gasteiger charge is -2.42. The van der Waals surface area contributed by atoms with Crippen molar-refractivity contribution in [3.8, 4) is 0 Å². The van der Waals surface area contributed by atoms with Gasteiger partial charge in [-0.15, -0.1) is 0 Å². The number of hydrogen-bond donors (Lipinski definition) is 8. The normalized spacial score (nSPS) is 22.1. The van der Waals surface area contributed by atoms with Crippen molar-refractivity contribution >= 4 is 71.8 Å². The zero-order chi connectivity index (χ0) is 52.9. The Labute approximate surface area is 419 Å². The Bertz CT molecular complexity index is 1840. The Morgan fingerprint density at radius 3 is 2.01 bits per heavy atom. The number of hydrogen-bond acceptors (Lipinski definition) is 19. The summed E-state index contributed by atoms with van der Waals surface area (Å²) in [5, 5.41) is 63.4. The largest absolute Gasteiger partial charge is 0.481 e. The minimum absolute atomic E-state index is 0.0267. The number of carbonyl (C=O) groups excluding carboxylic acids is 4. The van der Waals surface area contributed by atoms with Gasteiger partial charge in [0.1, 0.15) is 57.2 Å². The summed E-state index contributed by atoms with van der Waals surface area (Å²) in [5.41, 5.74) is -4.67. The molecule has 70 heavy (non-hydrogen) atoms. The number of esters is 2. The van der Waals surface area contributed by atoms with E-state index in [1.165, 1.54) is 84.6 Å². The van der Waals surface area contributed by atoms with E-state index in [0.717, 1.165) is 5.03 Å². The number of carbonyl (C=O) groups is 6. The zero-order valence-corrected chi connectivity index (χ0v) is 43.3. The third-order valence-electron chi connectivity index (χ3n) is 11.9. The van der Waals surface area contributed by atoms with Crippen molar-refractivity contribution in [2.45, 2.75) is 140 Å². The van der Waals surface area contributed by atoms with Crippen LogP contribution >= 0.6 is 21.6 Å². The van der Waals surface area contributed by atoms with Crippen molar-refractivity contribution < 1.29 is 87.8 Å². The first-order valence-electron chi connectivity index (χ1n) is 23.0. The molecule has 2 radical (unpaired) electrons. The van der Waals surface area contributed by atoms with Crippen LogP contribution in [0.15, 0.2) is 29.4 Å².